The van der Waals surface area contributed by atoms with Crippen LogP contribution < -0.4 is 4.74 Å². The first kappa shape index (κ1) is 13.7. The standard InChI is InChI=1S/C16H15BrO2/c1-18-10-9-14-11-15(7-8-16(14)17)19-12-13-5-3-2-4-6-13/h2-11H,12H2,1H3/b10-9+. The largest absolute Gasteiger partial charge is 0.504 e. The van der Waals surface area contributed by atoms with E-state index < -0.39 is 0 Å². The van der Waals surface area contributed by atoms with Gasteiger partial charge in [0.05, 0.1) is 13.4 Å². The van der Waals surface area contributed by atoms with E-state index in [0.717, 1.165) is 21.3 Å². The Labute approximate surface area is 121 Å². The quantitative estimate of drug-likeness (QED) is 0.747. The lowest BCUT2D eigenvalue weighted by atomic mass is 10.2. The molecule has 0 aliphatic heterocycles. The van der Waals surface area contributed by atoms with Crippen LogP contribution in [0.2, 0.25) is 0 Å². The Bertz CT molecular complexity index is 550. The Kier molecular flexibility index (Phi) is 5.04. The number of halogens is 1. The van der Waals surface area contributed by atoms with Crippen molar-refractivity contribution in [2.24, 2.45) is 0 Å². The first-order chi connectivity index (χ1) is 9.29. The highest BCUT2D eigenvalue weighted by Crippen LogP contribution is 2.24. The van der Waals surface area contributed by atoms with Gasteiger partial charge in [-0.1, -0.05) is 46.3 Å². The molecule has 0 radical (unpaired) electrons. The van der Waals surface area contributed by atoms with Gasteiger partial charge in [0.25, 0.3) is 0 Å². The molecule has 0 spiro atoms. The molecule has 3 heteroatoms. The molecule has 0 fully saturated rings. The molecular weight excluding hydrogens is 304 g/mol. The lowest BCUT2D eigenvalue weighted by molar-refractivity contribution is 0.306. The summed E-state index contributed by atoms with van der Waals surface area (Å²) in [5.74, 6) is 0.836. The van der Waals surface area contributed by atoms with E-state index in [1.807, 2.05) is 54.6 Å². The molecule has 19 heavy (non-hydrogen) atoms. The fraction of sp³-hybridized carbons (Fsp3) is 0.125. The molecule has 0 saturated heterocycles. The molecule has 2 rings (SSSR count). The van der Waals surface area contributed by atoms with Crippen molar-refractivity contribution in [3.8, 4) is 5.75 Å². The minimum absolute atomic E-state index is 0.565. The third kappa shape index (κ3) is 4.14. The van der Waals surface area contributed by atoms with Crippen LogP contribution in [0.3, 0.4) is 0 Å². The van der Waals surface area contributed by atoms with Gasteiger partial charge in [-0.05, 0) is 35.4 Å². The molecule has 0 amide bonds. The summed E-state index contributed by atoms with van der Waals surface area (Å²) in [5, 5.41) is 0. The van der Waals surface area contributed by atoms with E-state index in [2.05, 4.69) is 15.9 Å². The van der Waals surface area contributed by atoms with E-state index >= 15 is 0 Å². The Hall–Kier alpha value is -1.74. The third-order valence-electron chi connectivity index (χ3n) is 2.60. The molecule has 0 aliphatic carbocycles. The molecule has 0 atom stereocenters. The summed E-state index contributed by atoms with van der Waals surface area (Å²) in [6.07, 6.45) is 3.53. The minimum atomic E-state index is 0.565. The van der Waals surface area contributed by atoms with Gasteiger partial charge in [0.1, 0.15) is 12.4 Å². The van der Waals surface area contributed by atoms with Gasteiger partial charge in [0.2, 0.25) is 0 Å². The van der Waals surface area contributed by atoms with Crippen LogP contribution >= 0.6 is 15.9 Å². The fourth-order valence-electron chi connectivity index (χ4n) is 1.62. The molecule has 0 N–H and O–H groups in total. The maximum atomic E-state index is 5.77. The number of ether oxygens (including phenoxy) is 2. The average Bonchev–Trinajstić information content (AvgIpc) is 2.46. The van der Waals surface area contributed by atoms with E-state index in [-0.39, 0.29) is 0 Å². The van der Waals surface area contributed by atoms with Crippen LogP contribution in [-0.4, -0.2) is 7.11 Å². The summed E-state index contributed by atoms with van der Waals surface area (Å²) in [4.78, 5) is 0. The van der Waals surface area contributed by atoms with Crippen LogP contribution in [0.5, 0.6) is 5.75 Å². The summed E-state index contributed by atoms with van der Waals surface area (Å²) in [7, 11) is 1.63. The molecule has 0 aromatic heterocycles. The zero-order valence-corrected chi connectivity index (χ0v) is 12.3. The van der Waals surface area contributed by atoms with Crippen molar-refractivity contribution < 1.29 is 9.47 Å². The highest BCUT2D eigenvalue weighted by Gasteiger charge is 2.00. The monoisotopic (exact) mass is 318 g/mol. The zero-order chi connectivity index (χ0) is 13.5. The van der Waals surface area contributed by atoms with E-state index in [9.17, 15) is 0 Å². The Morgan fingerprint density at radius 2 is 1.89 bits per heavy atom. The number of benzene rings is 2. The summed E-state index contributed by atoms with van der Waals surface area (Å²) < 4.78 is 11.7. The highest BCUT2D eigenvalue weighted by molar-refractivity contribution is 9.10. The van der Waals surface area contributed by atoms with Crippen molar-refractivity contribution in [3.63, 3.8) is 0 Å². The number of rotatable bonds is 5. The van der Waals surface area contributed by atoms with Crippen molar-refractivity contribution in [3.05, 3.63) is 70.4 Å². The van der Waals surface area contributed by atoms with E-state index in [4.69, 9.17) is 9.47 Å². The molecule has 98 valence electrons. The van der Waals surface area contributed by atoms with Gasteiger partial charge in [-0.3, -0.25) is 0 Å². The van der Waals surface area contributed by atoms with Crippen molar-refractivity contribution in [2.45, 2.75) is 6.61 Å². The van der Waals surface area contributed by atoms with Crippen molar-refractivity contribution in [1.82, 2.24) is 0 Å². The maximum Gasteiger partial charge on any atom is 0.120 e. The first-order valence-electron chi connectivity index (χ1n) is 5.95. The van der Waals surface area contributed by atoms with Gasteiger partial charge in [-0.15, -0.1) is 0 Å². The second kappa shape index (κ2) is 7.00. The van der Waals surface area contributed by atoms with Gasteiger partial charge in [0, 0.05) is 4.47 Å². The summed E-state index contributed by atoms with van der Waals surface area (Å²) in [6.45, 7) is 0.565. The number of methoxy groups -OCH3 is 1. The highest BCUT2D eigenvalue weighted by atomic mass is 79.9. The topological polar surface area (TPSA) is 18.5 Å². The molecule has 0 aliphatic rings. The predicted octanol–water partition coefficient (Wildman–Crippen LogP) is 4.65. The van der Waals surface area contributed by atoms with Gasteiger partial charge < -0.3 is 9.47 Å². The second-order valence-corrected chi connectivity index (χ2v) is 4.85. The summed E-state index contributed by atoms with van der Waals surface area (Å²) in [6, 6.07) is 16.0. The molecule has 2 aromatic rings. The summed E-state index contributed by atoms with van der Waals surface area (Å²) >= 11 is 3.49. The molecule has 2 nitrogen and oxygen atoms in total. The minimum Gasteiger partial charge on any atom is -0.504 e. The predicted molar refractivity (Wildman–Crippen MR) is 81.0 cm³/mol. The smallest absolute Gasteiger partial charge is 0.120 e. The van der Waals surface area contributed by atoms with Crippen molar-refractivity contribution in [2.75, 3.05) is 7.11 Å². The van der Waals surface area contributed by atoms with Crippen LogP contribution in [0.25, 0.3) is 6.08 Å². The number of hydrogen-bond donors (Lipinski definition) is 0. The van der Waals surface area contributed by atoms with Gasteiger partial charge in [0.15, 0.2) is 0 Å². The van der Waals surface area contributed by atoms with Crippen molar-refractivity contribution >= 4 is 22.0 Å². The lowest BCUT2D eigenvalue weighted by Gasteiger charge is -2.08. The summed E-state index contributed by atoms with van der Waals surface area (Å²) in [5.41, 5.74) is 2.17. The first-order valence-corrected chi connectivity index (χ1v) is 6.74. The molecule has 0 heterocycles. The lowest BCUT2D eigenvalue weighted by Crippen LogP contribution is -1.95. The van der Waals surface area contributed by atoms with Gasteiger partial charge >= 0.3 is 0 Å². The fourth-order valence-corrected chi connectivity index (χ4v) is 2.00. The third-order valence-corrected chi connectivity index (χ3v) is 3.32. The second-order valence-electron chi connectivity index (χ2n) is 4.00. The SMILES string of the molecule is CO/C=C/c1cc(OCc2ccccc2)ccc1Br. The zero-order valence-electron chi connectivity index (χ0n) is 10.7. The molecule has 2 aromatic carbocycles. The Morgan fingerprint density at radius 1 is 1.11 bits per heavy atom. The van der Waals surface area contributed by atoms with Crippen molar-refractivity contribution in [1.29, 1.82) is 0 Å². The van der Waals surface area contributed by atoms with E-state index in [1.54, 1.807) is 13.4 Å². The van der Waals surface area contributed by atoms with Gasteiger partial charge in [-0.2, -0.15) is 0 Å². The average molecular weight is 319 g/mol. The molecule has 0 unspecified atom stereocenters. The Morgan fingerprint density at radius 3 is 2.63 bits per heavy atom. The normalized spacial score (nSPS) is 10.6. The maximum absolute atomic E-state index is 5.77. The Balaban J connectivity index is 2.07. The number of hydrogen-bond acceptors (Lipinski definition) is 2. The molecule has 0 bridgehead atoms. The van der Waals surface area contributed by atoms with Crippen LogP contribution in [0.1, 0.15) is 11.1 Å². The van der Waals surface area contributed by atoms with Gasteiger partial charge in [-0.25, -0.2) is 0 Å². The van der Waals surface area contributed by atoms with Crippen LogP contribution in [0.15, 0.2) is 59.3 Å². The van der Waals surface area contributed by atoms with E-state index in [0.29, 0.717) is 6.61 Å². The molecule has 0 saturated carbocycles. The van der Waals surface area contributed by atoms with E-state index in [1.165, 1.54) is 0 Å². The van der Waals surface area contributed by atoms with Crippen LogP contribution in [0, 0.1) is 0 Å². The molecular formula is C16H15BrO2. The van der Waals surface area contributed by atoms with Crippen LogP contribution in [-0.2, 0) is 11.3 Å². The van der Waals surface area contributed by atoms with Crippen LogP contribution in [0.4, 0.5) is 0 Å².